The first-order chi connectivity index (χ1) is 12.4. The van der Waals surface area contributed by atoms with Gasteiger partial charge < -0.3 is 4.57 Å². The monoisotopic (exact) mass is 391 g/mol. The fourth-order valence-electron chi connectivity index (χ4n) is 3.07. The molecule has 0 saturated carbocycles. The van der Waals surface area contributed by atoms with Crippen molar-refractivity contribution >= 4 is 51.0 Å². The van der Waals surface area contributed by atoms with Crippen LogP contribution in [0, 0.1) is 13.8 Å². The highest BCUT2D eigenvalue weighted by Gasteiger charge is 2.30. The molecular formula is C18H21N3O3S2. The number of aryl methyl sites for hydroxylation is 3. The van der Waals surface area contributed by atoms with E-state index in [2.05, 4.69) is 35.5 Å². The summed E-state index contributed by atoms with van der Waals surface area (Å²) in [6, 6.07) is 4.22. The second kappa shape index (κ2) is 7.75. The van der Waals surface area contributed by atoms with Gasteiger partial charge in [-0.15, -0.1) is 0 Å². The smallest absolute Gasteiger partial charge is 0.268 e. The number of rotatable bonds is 5. The minimum absolute atomic E-state index is 0.182. The zero-order valence-corrected chi connectivity index (χ0v) is 16.7. The van der Waals surface area contributed by atoms with Crippen LogP contribution in [0.2, 0.25) is 0 Å². The molecule has 2 heterocycles. The van der Waals surface area contributed by atoms with Gasteiger partial charge in [-0.05, 0) is 37.3 Å². The number of imide groups is 1. The van der Waals surface area contributed by atoms with Gasteiger partial charge in [-0.1, -0.05) is 17.4 Å². The second-order valence-corrected chi connectivity index (χ2v) is 8.30. The molecule has 8 heteroatoms. The number of nitrogens with zero attached hydrogens (tertiary/aromatic N) is 3. The van der Waals surface area contributed by atoms with Crippen LogP contribution in [0.1, 0.15) is 24.0 Å². The van der Waals surface area contributed by atoms with Crippen molar-refractivity contribution in [3.8, 4) is 0 Å². The van der Waals surface area contributed by atoms with E-state index in [0.717, 1.165) is 38.5 Å². The Morgan fingerprint density at radius 2 is 1.92 bits per heavy atom. The first-order valence-electron chi connectivity index (χ1n) is 8.41. The SMILES string of the molecule is CSCCn1c(=NC(=O)CN2C(=O)CCC2=O)sc2c(C)cc(C)cc21. The standard InChI is InChI=1S/C18H21N3O3S2/c1-11-8-12(2)17-13(9-11)20(6-7-25-3)18(26-17)19-14(22)10-21-15(23)4-5-16(21)24/h8-9H,4-7,10H2,1-3H3. The molecule has 0 N–H and O–H groups in total. The maximum absolute atomic E-state index is 12.4. The summed E-state index contributed by atoms with van der Waals surface area (Å²) >= 11 is 3.21. The van der Waals surface area contributed by atoms with Crippen LogP contribution in [0.25, 0.3) is 10.2 Å². The van der Waals surface area contributed by atoms with Crippen molar-refractivity contribution < 1.29 is 14.4 Å². The van der Waals surface area contributed by atoms with Gasteiger partial charge in [0, 0.05) is 25.1 Å². The number of aromatic nitrogens is 1. The largest absolute Gasteiger partial charge is 0.315 e. The molecule has 0 spiro atoms. The summed E-state index contributed by atoms with van der Waals surface area (Å²) in [7, 11) is 0. The van der Waals surface area contributed by atoms with Crippen LogP contribution in [-0.4, -0.2) is 45.7 Å². The number of hydrogen-bond donors (Lipinski definition) is 0. The minimum atomic E-state index is -0.465. The summed E-state index contributed by atoms with van der Waals surface area (Å²) in [6.07, 6.45) is 2.40. The van der Waals surface area contributed by atoms with Crippen molar-refractivity contribution in [2.24, 2.45) is 4.99 Å². The van der Waals surface area contributed by atoms with Crippen molar-refractivity contribution in [3.05, 3.63) is 28.1 Å². The fraction of sp³-hybridized carbons (Fsp3) is 0.444. The van der Waals surface area contributed by atoms with E-state index >= 15 is 0 Å². The number of fused-ring (bicyclic) bond motifs is 1. The van der Waals surface area contributed by atoms with E-state index < -0.39 is 5.91 Å². The van der Waals surface area contributed by atoms with Crippen LogP contribution < -0.4 is 4.80 Å². The molecular weight excluding hydrogens is 370 g/mol. The van der Waals surface area contributed by atoms with Crippen molar-refractivity contribution in [2.75, 3.05) is 18.6 Å². The lowest BCUT2D eigenvalue weighted by molar-refractivity contribution is -0.141. The lowest BCUT2D eigenvalue weighted by atomic mass is 10.1. The number of thioether (sulfide) groups is 1. The van der Waals surface area contributed by atoms with Crippen LogP contribution in [0.5, 0.6) is 0 Å². The van der Waals surface area contributed by atoms with E-state index in [-0.39, 0.29) is 31.2 Å². The maximum atomic E-state index is 12.4. The predicted octanol–water partition coefficient (Wildman–Crippen LogP) is 2.26. The Bertz CT molecular complexity index is 942. The highest BCUT2D eigenvalue weighted by Crippen LogP contribution is 2.23. The van der Waals surface area contributed by atoms with Crippen LogP contribution in [0.3, 0.4) is 0 Å². The first-order valence-corrected chi connectivity index (χ1v) is 10.6. The average Bonchev–Trinajstić information content (AvgIpc) is 3.07. The number of benzene rings is 1. The molecule has 3 rings (SSSR count). The quantitative estimate of drug-likeness (QED) is 0.733. The summed E-state index contributed by atoms with van der Waals surface area (Å²) in [4.78, 5) is 41.7. The van der Waals surface area contributed by atoms with Crippen molar-refractivity contribution in [3.63, 3.8) is 0 Å². The first kappa shape index (κ1) is 18.8. The van der Waals surface area contributed by atoms with E-state index in [0.29, 0.717) is 4.80 Å². The molecule has 3 amide bonds. The van der Waals surface area contributed by atoms with E-state index in [1.54, 1.807) is 11.8 Å². The van der Waals surface area contributed by atoms with Gasteiger partial charge in [0.05, 0.1) is 10.2 Å². The van der Waals surface area contributed by atoms with Crippen molar-refractivity contribution in [2.45, 2.75) is 33.2 Å². The summed E-state index contributed by atoms with van der Waals surface area (Å²) < 4.78 is 3.17. The third-order valence-corrected chi connectivity index (χ3v) is 6.12. The average molecular weight is 392 g/mol. The molecule has 0 bridgehead atoms. The molecule has 1 aromatic carbocycles. The number of carbonyl (C=O) groups excluding carboxylic acids is 3. The van der Waals surface area contributed by atoms with Crippen LogP contribution in [0.15, 0.2) is 17.1 Å². The third kappa shape index (κ3) is 3.76. The Kier molecular flexibility index (Phi) is 5.62. The van der Waals surface area contributed by atoms with Gasteiger partial charge >= 0.3 is 0 Å². The number of hydrogen-bond acceptors (Lipinski definition) is 5. The van der Waals surface area contributed by atoms with E-state index in [9.17, 15) is 14.4 Å². The molecule has 1 aliphatic heterocycles. The molecule has 6 nitrogen and oxygen atoms in total. The fourth-order valence-corrected chi connectivity index (χ4v) is 4.56. The van der Waals surface area contributed by atoms with E-state index in [4.69, 9.17) is 0 Å². The molecule has 0 atom stereocenters. The lowest BCUT2D eigenvalue weighted by Gasteiger charge is -2.10. The molecule has 1 fully saturated rings. The highest BCUT2D eigenvalue weighted by atomic mass is 32.2. The normalized spacial score (nSPS) is 15.5. The number of carbonyl (C=O) groups is 3. The molecule has 2 aromatic rings. The Balaban J connectivity index is 2.01. The molecule has 0 unspecified atom stereocenters. The summed E-state index contributed by atoms with van der Waals surface area (Å²) in [5.41, 5.74) is 3.39. The number of likely N-dealkylation sites (tertiary alicyclic amines) is 1. The molecule has 138 valence electrons. The molecule has 26 heavy (non-hydrogen) atoms. The van der Waals surface area contributed by atoms with Gasteiger partial charge in [0.2, 0.25) is 11.8 Å². The zero-order chi connectivity index (χ0) is 18.8. The van der Waals surface area contributed by atoms with Gasteiger partial charge in [0.15, 0.2) is 4.80 Å². The molecule has 0 radical (unpaired) electrons. The zero-order valence-electron chi connectivity index (χ0n) is 15.1. The number of amides is 3. The van der Waals surface area contributed by atoms with Gasteiger partial charge in [-0.25, -0.2) is 0 Å². The van der Waals surface area contributed by atoms with Crippen LogP contribution in [-0.2, 0) is 20.9 Å². The van der Waals surface area contributed by atoms with Crippen LogP contribution >= 0.6 is 23.1 Å². The lowest BCUT2D eigenvalue weighted by Crippen LogP contribution is -2.34. The Morgan fingerprint density at radius 1 is 1.23 bits per heavy atom. The maximum Gasteiger partial charge on any atom is 0.268 e. The molecule has 1 saturated heterocycles. The summed E-state index contributed by atoms with van der Waals surface area (Å²) in [6.45, 7) is 4.58. The van der Waals surface area contributed by atoms with Gasteiger partial charge in [-0.2, -0.15) is 16.8 Å². The minimum Gasteiger partial charge on any atom is -0.315 e. The van der Waals surface area contributed by atoms with E-state index in [1.807, 2.05) is 6.26 Å². The summed E-state index contributed by atoms with van der Waals surface area (Å²) in [5.74, 6) is -0.149. The van der Waals surface area contributed by atoms with E-state index in [1.165, 1.54) is 11.3 Å². The second-order valence-electron chi connectivity index (χ2n) is 6.34. The van der Waals surface area contributed by atoms with Gasteiger partial charge in [-0.3, -0.25) is 19.3 Å². The Morgan fingerprint density at radius 3 is 2.58 bits per heavy atom. The van der Waals surface area contributed by atoms with Crippen LogP contribution in [0.4, 0.5) is 0 Å². The molecule has 1 aromatic heterocycles. The molecule has 0 aliphatic carbocycles. The Hall–Kier alpha value is -1.93. The topological polar surface area (TPSA) is 71.7 Å². The number of thiazole rings is 1. The highest BCUT2D eigenvalue weighted by molar-refractivity contribution is 7.98. The van der Waals surface area contributed by atoms with Gasteiger partial charge in [0.1, 0.15) is 6.54 Å². The van der Waals surface area contributed by atoms with Gasteiger partial charge in [0.25, 0.3) is 5.91 Å². The van der Waals surface area contributed by atoms with Crippen molar-refractivity contribution in [1.82, 2.24) is 9.47 Å². The molecule has 1 aliphatic rings. The third-order valence-electron chi connectivity index (χ3n) is 4.30. The predicted molar refractivity (Wildman–Crippen MR) is 104 cm³/mol. The van der Waals surface area contributed by atoms with Crippen molar-refractivity contribution in [1.29, 1.82) is 0 Å². The Labute approximate surface area is 159 Å². The summed E-state index contributed by atoms with van der Waals surface area (Å²) in [5, 5.41) is 0.